The lowest BCUT2D eigenvalue weighted by Gasteiger charge is -2.33. The van der Waals surface area contributed by atoms with E-state index < -0.39 is 0 Å². The van der Waals surface area contributed by atoms with Gasteiger partial charge in [-0.15, -0.1) is 0 Å². The Hall–Kier alpha value is -2.37. The van der Waals surface area contributed by atoms with Gasteiger partial charge in [0.05, 0.1) is 0 Å². The Bertz CT molecular complexity index is 614. The third kappa shape index (κ3) is 4.81. The minimum Gasteiger partial charge on any atom is -0.356 e. The smallest absolute Gasteiger partial charge is 0.220 e. The Morgan fingerprint density at radius 1 is 1.29 bits per heavy atom. The molecule has 24 heavy (non-hydrogen) atoms. The number of hydrogen-bond acceptors (Lipinski definition) is 4. The Balaban J connectivity index is 1.37. The van der Waals surface area contributed by atoms with Crippen molar-refractivity contribution < 1.29 is 4.79 Å². The third-order valence-electron chi connectivity index (χ3n) is 4.43. The number of hydrogen-bond donors (Lipinski definition) is 1. The summed E-state index contributed by atoms with van der Waals surface area (Å²) in [6, 6.07) is 7.91. The first-order valence-corrected chi connectivity index (χ1v) is 8.71. The average Bonchev–Trinajstić information content (AvgIpc) is 3.14. The highest BCUT2D eigenvalue weighted by Crippen LogP contribution is 2.20. The number of carbonyl (C=O) groups is 1. The van der Waals surface area contributed by atoms with E-state index in [1.54, 1.807) is 6.20 Å². The minimum absolute atomic E-state index is 0.136. The summed E-state index contributed by atoms with van der Waals surface area (Å²) in [5.74, 6) is 1.67. The van der Waals surface area contributed by atoms with E-state index in [1.807, 2.05) is 35.3 Å². The monoisotopic (exact) mass is 327 g/mol. The van der Waals surface area contributed by atoms with Gasteiger partial charge in [0.2, 0.25) is 5.91 Å². The molecule has 1 saturated heterocycles. The first-order chi connectivity index (χ1) is 11.8. The molecule has 0 bridgehead atoms. The van der Waals surface area contributed by atoms with E-state index in [-0.39, 0.29) is 5.91 Å². The van der Waals surface area contributed by atoms with Crippen LogP contribution in [0.1, 0.15) is 25.7 Å². The lowest BCUT2D eigenvalue weighted by atomic mass is 9.98. The number of nitrogens with zero attached hydrogens (tertiary/aromatic N) is 4. The summed E-state index contributed by atoms with van der Waals surface area (Å²) in [5.41, 5.74) is 0. The maximum atomic E-state index is 12.0. The van der Waals surface area contributed by atoms with E-state index in [1.165, 1.54) is 0 Å². The summed E-state index contributed by atoms with van der Waals surface area (Å²) in [5, 5.41) is 7.23. The van der Waals surface area contributed by atoms with Gasteiger partial charge >= 0.3 is 0 Å². The second-order valence-corrected chi connectivity index (χ2v) is 6.32. The maximum absolute atomic E-state index is 12.0. The van der Waals surface area contributed by atoms with Crippen molar-refractivity contribution in [3.8, 4) is 0 Å². The number of aromatic nitrogens is 3. The fourth-order valence-corrected chi connectivity index (χ4v) is 3.16. The SMILES string of the molecule is O=C(CCCn1cccn1)NCC1CCCN(c2ccccn2)C1. The van der Waals surface area contributed by atoms with Crippen LogP contribution >= 0.6 is 0 Å². The molecule has 128 valence electrons. The number of nitrogens with one attached hydrogen (secondary N) is 1. The molecule has 1 amide bonds. The van der Waals surface area contributed by atoms with E-state index in [0.717, 1.165) is 51.3 Å². The molecule has 1 aliphatic heterocycles. The molecule has 2 aromatic rings. The predicted molar refractivity (Wildman–Crippen MR) is 93.6 cm³/mol. The number of carbonyl (C=O) groups excluding carboxylic acids is 1. The van der Waals surface area contributed by atoms with Gasteiger partial charge in [-0.3, -0.25) is 9.48 Å². The zero-order valence-corrected chi connectivity index (χ0v) is 14.0. The lowest BCUT2D eigenvalue weighted by Crippen LogP contribution is -2.41. The van der Waals surface area contributed by atoms with Crippen LogP contribution in [0.3, 0.4) is 0 Å². The molecule has 1 N–H and O–H groups in total. The lowest BCUT2D eigenvalue weighted by molar-refractivity contribution is -0.121. The van der Waals surface area contributed by atoms with E-state index in [4.69, 9.17) is 0 Å². The van der Waals surface area contributed by atoms with Crippen LogP contribution in [0.4, 0.5) is 5.82 Å². The molecule has 0 aromatic carbocycles. The molecular formula is C18H25N5O. The number of rotatable bonds is 7. The third-order valence-corrected chi connectivity index (χ3v) is 4.43. The van der Waals surface area contributed by atoms with Crippen molar-refractivity contribution in [2.45, 2.75) is 32.2 Å². The molecule has 1 aliphatic rings. The van der Waals surface area contributed by atoms with Crippen molar-refractivity contribution in [3.63, 3.8) is 0 Å². The molecule has 3 rings (SSSR count). The highest BCUT2D eigenvalue weighted by molar-refractivity contribution is 5.75. The van der Waals surface area contributed by atoms with Crippen LogP contribution in [-0.2, 0) is 11.3 Å². The van der Waals surface area contributed by atoms with Crippen molar-refractivity contribution in [2.75, 3.05) is 24.5 Å². The molecule has 0 aliphatic carbocycles. The van der Waals surface area contributed by atoms with Crippen LogP contribution in [0, 0.1) is 5.92 Å². The highest BCUT2D eigenvalue weighted by Gasteiger charge is 2.21. The molecule has 1 unspecified atom stereocenters. The number of piperidine rings is 1. The van der Waals surface area contributed by atoms with Crippen LogP contribution in [0.5, 0.6) is 0 Å². The van der Waals surface area contributed by atoms with Crippen LogP contribution in [0.25, 0.3) is 0 Å². The highest BCUT2D eigenvalue weighted by atomic mass is 16.1. The number of amides is 1. The first kappa shape index (κ1) is 16.5. The van der Waals surface area contributed by atoms with Gasteiger partial charge in [0.15, 0.2) is 0 Å². The molecule has 0 spiro atoms. The van der Waals surface area contributed by atoms with Crippen LogP contribution in [0.15, 0.2) is 42.9 Å². The van der Waals surface area contributed by atoms with E-state index in [0.29, 0.717) is 12.3 Å². The van der Waals surface area contributed by atoms with Crippen molar-refractivity contribution in [3.05, 3.63) is 42.9 Å². The Labute approximate surface area is 142 Å². The van der Waals surface area contributed by atoms with Gasteiger partial charge in [-0.2, -0.15) is 5.10 Å². The van der Waals surface area contributed by atoms with Gasteiger partial charge in [0, 0.05) is 51.2 Å². The van der Waals surface area contributed by atoms with E-state index in [2.05, 4.69) is 26.4 Å². The summed E-state index contributed by atoms with van der Waals surface area (Å²) in [4.78, 5) is 18.7. The summed E-state index contributed by atoms with van der Waals surface area (Å²) >= 11 is 0. The predicted octanol–water partition coefficient (Wildman–Crippen LogP) is 2.09. The number of anilines is 1. The topological polar surface area (TPSA) is 63.1 Å². The molecule has 1 atom stereocenters. The van der Waals surface area contributed by atoms with Crippen molar-refractivity contribution in [1.29, 1.82) is 0 Å². The summed E-state index contributed by atoms with van der Waals surface area (Å²) in [6.45, 7) is 3.55. The largest absolute Gasteiger partial charge is 0.356 e. The summed E-state index contributed by atoms with van der Waals surface area (Å²) < 4.78 is 1.86. The zero-order chi connectivity index (χ0) is 16.6. The molecule has 6 heteroatoms. The quantitative estimate of drug-likeness (QED) is 0.846. The van der Waals surface area contributed by atoms with Gasteiger partial charge in [-0.1, -0.05) is 6.07 Å². The van der Waals surface area contributed by atoms with Gasteiger partial charge < -0.3 is 10.2 Å². The maximum Gasteiger partial charge on any atom is 0.220 e. The second kappa shape index (κ2) is 8.47. The van der Waals surface area contributed by atoms with Gasteiger partial charge in [-0.25, -0.2) is 4.98 Å². The van der Waals surface area contributed by atoms with Crippen molar-refractivity contribution in [2.24, 2.45) is 5.92 Å². The van der Waals surface area contributed by atoms with E-state index in [9.17, 15) is 4.79 Å². The van der Waals surface area contributed by atoms with Gasteiger partial charge in [0.1, 0.15) is 5.82 Å². The average molecular weight is 327 g/mol. The second-order valence-electron chi connectivity index (χ2n) is 6.32. The molecular weight excluding hydrogens is 302 g/mol. The summed E-state index contributed by atoms with van der Waals surface area (Å²) in [6.07, 6.45) is 9.20. The fraction of sp³-hybridized carbons (Fsp3) is 0.500. The molecule has 0 radical (unpaired) electrons. The first-order valence-electron chi connectivity index (χ1n) is 8.71. The van der Waals surface area contributed by atoms with E-state index >= 15 is 0 Å². The number of pyridine rings is 1. The Morgan fingerprint density at radius 2 is 2.25 bits per heavy atom. The van der Waals surface area contributed by atoms with Crippen molar-refractivity contribution >= 4 is 11.7 Å². The Morgan fingerprint density at radius 3 is 3.04 bits per heavy atom. The van der Waals surface area contributed by atoms with Crippen LogP contribution < -0.4 is 10.2 Å². The summed E-state index contributed by atoms with van der Waals surface area (Å²) in [7, 11) is 0. The molecule has 3 heterocycles. The van der Waals surface area contributed by atoms with Gasteiger partial charge in [0.25, 0.3) is 0 Å². The Kier molecular flexibility index (Phi) is 5.82. The fourth-order valence-electron chi connectivity index (χ4n) is 3.16. The molecule has 6 nitrogen and oxygen atoms in total. The standard InChI is InChI=1S/C18H25N5O/c24-18(8-4-12-23-13-5-10-21-23)20-14-16-6-3-11-22(15-16)17-7-1-2-9-19-17/h1-2,5,7,9-10,13,16H,3-4,6,8,11-12,14-15H2,(H,20,24). The normalized spacial score (nSPS) is 17.7. The molecule has 0 saturated carbocycles. The number of aryl methyl sites for hydroxylation is 1. The van der Waals surface area contributed by atoms with Crippen LogP contribution in [0.2, 0.25) is 0 Å². The minimum atomic E-state index is 0.136. The molecule has 1 fully saturated rings. The molecule has 2 aromatic heterocycles. The van der Waals surface area contributed by atoms with Crippen LogP contribution in [-0.4, -0.2) is 40.3 Å². The van der Waals surface area contributed by atoms with Crippen molar-refractivity contribution in [1.82, 2.24) is 20.1 Å². The zero-order valence-electron chi connectivity index (χ0n) is 14.0. The van der Waals surface area contributed by atoms with Gasteiger partial charge in [-0.05, 0) is 43.4 Å².